The molecule has 1 atom stereocenters. The van der Waals surface area contributed by atoms with Gasteiger partial charge in [0.25, 0.3) is 0 Å². The zero-order chi connectivity index (χ0) is 12.9. The number of aryl methyl sites for hydroxylation is 2. The molecule has 0 spiro atoms. The summed E-state index contributed by atoms with van der Waals surface area (Å²) in [5.74, 6) is -0.908. The number of carboxylic acids is 1. The van der Waals surface area contributed by atoms with Crippen molar-refractivity contribution < 1.29 is 9.90 Å². The molecule has 0 aliphatic heterocycles. The molecule has 1 aromatic heterocycles. The number of fused-ring (bicyclic) bond motifs is 3. The topological polar surface area (TPSA) is 53.1 Å². The van der Waals surface area contributed by atoms with Crippen molar-refractivity contribution in [3.05, 3.63) is 32.5 Å². The van der Waals surface area contributed by atoms with Crippen LogP contribution >= 0.6 is 22.6 Å². The summed E-state index contributed by atoms with van der Waals surface area (Å²) in [5.41, 5.74) is 4.90. The summed E-state index contributed by atoms with van der Waals surface area (Å²) in [4.78, 5) is 14.5. The van der Waals surface area contributed by atoms with Gasteiger partial charge in [0.2, 0.25) is 0 Å². The van der Waals surface area contributed by atoms with Crippen LogP contribution in [0.4, 0.5) is 0 Å². The molecule has 1 aliphatic carbocycles. The van der Waals surface area contributed by atoms with E-state index >= 15 is 0 Å². The van der Waals surface area contributed by atoms with Gasteiger partial charge in [-0.3, -0.25) is 4.79 Å². The lowest BCUT2D eigenvalue weighted by molar-refractivity contribution is -0.142. The van der Waals surface area contributed by atoms with Crippen molar-refractivity contribution in [3.8, 4) is 0 Å². The molecule has 3 nitrogen and oxygen atoms in total. The van der Waals surface area contributed by atoms with Gasteiger partial charge in [-0.2, -0.15) is 0 Å². The first-order chi connectivity index (χ1) is 8.58. The number of carboxylic acid groups (broad SMARTS) is 1. The van der Waals surface area contributed by atoms with Gasteiger partial charge in [0.05, 0.1) is 11.4 Å². The van der Waals surface area contributed by atoms with E-state index in [1.807, 2.05) is 0 Å². The van der Waals surface area contributed by atoms with E-state index < -0.39 is 5.97 Å². The number of aliphatic carboxylic acids is 1. The minimum absolute atomic E-state index is 0.233. The van der Waals surface area contributed by atoms with Crippen molar-refractivity contribution in [3.63, 3.8) is 0 Å². The molecule has 0 fully saturated rings. The first kappa shape index (κ1) is 12.0. The molecule has 0 bridgehead atoms. The third kappa shape index (κ3) is 1.74. The Balaban J connectivity index is 2.19. The molecule has 0 saturated carbocycles. The van der Waals surface area contributed by atoms with Gasteiger partial charge in [-0.05, 0) is 59.5 Å². The zero-order valence-corrected chi connectivity index (χ0v) is 12.2. The van der Waals surface area contributed by atoms with Crippen molar-refractivity contribution >= 4 is 39.5 Å². The fourth-order valence-electron chi connectivity index (χ4n) is 2.90. The van der Waals surface area contributed by atoms with Gasteiger partial charge < -0.3 is 10.1 Å². The van der Waals surface area contributed by atoms with E-state index in [4.69, 9.17) is 5.11 Å². The second kappa shape index (κ2) is 4.26. The maximum absolute atomic E-state index is 11.1. The number of nitrogens with one attached hydrogen (secondary N) is 1. The summed E-state index contributed by atoms with van der Waals surface area (Å²) < 4.78 is 1.20. The van der Waals surface area contributed by atoms with E-state index in [0.29, 0.717) is 6.42 Å². The Kier molecular flexibility index (Phi) is 2.84. The van der Waals surface area contributed by atoms with E-state index in [1.165, 1.54) is 25.6 Å². The molecule has 0 saturated heterocycles. The Morgan fingerprint density at radius 1 is 1.50 bits per heavy atom. The maximum atomic E-state index is 11.1. The third-order valence-corrected chi connectivity index (χ3v) is 4.75. The fourth-order valence-corrected chi connectivity index (χ4v) is 3.48. The summed E-state index contributed by atoms with van der Waals surface area (Å²) >= 11 is 2.33. The Morgan fingerprint density at radius 3 is 3.00 bits per heavy atom. The molecule has 1 unspecified atom stereocenters. The Morgan fingerprint density at radius 2 is 2.28 bits per heavy atom. The predicted octanol–water partition coefficient (Wildman–Crippen LogP) is 3.27. The van der Waals surface area contributed by atoms with Gasteiger partial charge in [-0.1, -0.05) is 6.07 Å². The van der Waals surface area contributed by atoms with Crippen LogP contribution in [0.2, 0.25) is 0 Å². The number of halogens is 1. The molecule has 0 amide bonds. The fraction of sp³-hybridized carbons (Fsp3) is 0.357. The number of carbonyl (C=O) groups is 1. The monoisotopic (exact) mass is 355 g/mol. The molecule has 3 rings (SSSR count). The van der Waals surface area contributed by atoms with Gasteiger partial charge in [-0.25, -0.2) is 0 Å². The number of H-pyrrole nitrogens is 1. The highest BCUT2D eigenvalue weighted by atomic mass is 127. The second-order valence-corrected chi connectivity index (χ2v) is 6.14. The Hall–Kier alpha value is -1.04. The number of hydrogen-bond donors (Lipinski definition) is 2. The van der Waals surface area contributed by atoms with Crippen molar-refractivity contribution in [1.29, 1.82) is 0 Å². The normalized spacial score (nSPS) is 18.9. The van der Waals surface area contributed by atoms with Gasteiger partial charge >= 0.3 is 5.97 Å². The van der Waals surface area contributed by atoms with Gasteiger partial charge in [-0.15, -0.1) is 0 Å². The van der Waals surface area contributed by atoms with Crippen molar-refractivity contribution in [2.45, 2.75) is 26.2 Å². The minimum atomic E-state index is -0.675. The molecule has 2 N–H and O–H groups in total. The first-order valence-electron chi connectivity index (χ1n) is 6.09. The number of aromatic amines is 1. The average molecular weight is 355 g/mol. The molecule has 4 heteroatoms. The van der Waals surface area contributed by atoms with Crippen LogP contribution in [0.5, 0.6) is 0 Å². The molecule has 1 aliphatic rings. The largest absolute Gasteiger partial charge is 0.481 e. The number of rotatable bonds is 1. The van der Waals surface area contributed by atoms with Crippen LogP contribution < -0.4 is 0 Å². The summed E-state index contributed by atoms with van der Waals surface area (Å²) in [6.45, 7) is 2.12. The van der Waals surface area contributed by atoms with E-state index in [-0.39, 0.29) is 5.92 Å². The predicted molar refractivity (Wildman–Crippen MR) is 78.9 cm³/mol. The van der Waals surface area contributed by atoms with Crippen LogP contribution in [0.15, 0.2) is 12.1 Å². The summed E-state index contributed by atoms with van der Waals surface area (Å²) in [7, 11) is 0. The SMILES string of the molecule is Cc1ccc(I)c2[nH]c3c(c12)CCC(C(=O)O)C3. The summed E-state index contributed by atoms with van der Waals surface area (Å²) in [5, 5.41) is 10.4. The zero-order valence-electron chi connectivity index (χ0n) is 10.1. The number of benzene rings is 1. The van der Waals surface area contributed by atoms with E-state index in [1.54, 1.807) is 0 Å². The standard InChI is InChI=1S/C14H14INO2/c1-7-2-5-10(15)13-12(7)9-4-3-8(14(17)18)6-11(9)16-13/h2,5,8,16H,3-4,6H2,1H3,(H,17,18). The highest BCUT2D eigenvalue weighted by molar-refractivity contribution is 14.1. The summed E-state index contributed by atoms with van der Waals surface area (Å²) in [6.07, 6.45) is 2.25. The van der Waals surface area contributed by atoms with Crippen LogP contribution in [0.3, 0.4) is 0 Å². The summed E-state index contributed by atoms with van der Waals surface area (Å²) in [6, 6.07) is 4.25. The minimum Gasteiger partial charge on any atom is -0.481 e. The first-order valence-corrected chi connectivity index (χ1v) is 7.17. The Bertz CT molecular complexity index is 645. The van der Waals surface area contributed by atoms with Crippen LogP contribution in [0.25, 0.3) is 10.9 Å². The van der Waals surface area contributed by atoms with E-state index in [2.05, 4.69) is 46.6 Å². The van der Waals surface area contributed by atoms with E-state index in [9.17, 15) is 4.79 Å². The highest BCUT2D eigenvalue weighted by Gasteiger charge is 2.27. The molecule has 1 aromatic carbocycles. The van der Waals surface area contributed by atoms with E-state index in [0.717, 1.165) is 18.5 Å². The molecule has 0 radical (unpaired) electrons. The lowest BCUT2D eigenvalue weighted by atomic mass is 9.86. The lowest BCUT2D eigenvalue weighted by Gasteiger charge is -2.18. The highest BCUT2D eigenvalue weighted by Crippen LogP contribution is 2.35. The van der Waals surface area contributed by atoms with Gasteiger partial charge in [0, 0.05) is 21.1 Å². The van der Waals surface area contributed by atoms with Crippen LogP contribution in [0, 0.1) is 16.4 Å². The molecular weight excluding hydrogens is 341 g/mol. The van der Waals surface area contributed by atoms with Crippen LogP contribution in [0.1, 0.15) is 23.2 Å². The average Bonchev–Trinajstić information content (AvgIpc) is 2.73. The van der Waals surface area contributed by atoms with Crippen LogP contribution in [-0.4, -0.2) is 16.1 Å². The second-order valence-electron chi connectivity index (χ2n) is 4.97. The molecule has 1 heterocycles. The maximum Gasteiger partial charge on any atom is 0.306 e. The van der Waals surface area contributed by atoms with Crippen molar-refractivity contribution in [2.24, 2.45) is 5.92 Å². The smallest absolute Gasteiger partial charge is 0.306 e. The molecule has 94 valence electrons. The number of aromatic nitrogens is 1. The Labute approximate surface area is 119 Å². The quantitative estimate of drug-likeness (QED) is 0.772. The molecular formula is C14H14INO2. The van der Waals surface area contributed by atoms with Gasteiger partial charge in [0.1, 0.15) is 0 Å². The number of hydrogen-bond acceptors (Lipinski definition) is 1. The van der Waals surface area contributed by atoms with Crippen molar-refractivity contribution in [2.75, 3.05) is 0 Å². The van der Waals surface area contributed by atoms with Crippen molar-refractivity contribution in [1.82, 2.24) is 4.98 Å². The van der Waals surface area contributed by atoms with Crippen LogP contribution in [-0.2, 0) is 17.6 Å². The molecule has 18 heavy (non-hydrogen) atoms. The molecule has 2 aromatic rings. The van der Waals surface area contributed by atoms with Gasteiger partial charge in [0.15, 0.2) is 0 Å². The third-order valence-electron chi connectivity index (χ3n) is 3.85. The lowest BCUT2D eigenvalue weighted by Crippen LogP contribution is -2.21.